The second-order valence-corrected chi connectivity index (χ2v) is 6.10. The number of hydrogen-bond acceptors (Lipinski definition) is 4. The van der Waals surface area contributed by atoms with Crippen LogP contribution in [0.2, 0.25) is 0 Å². The normalized spacial score (nSPS) is 9.92. The molecule has 3 aromatic rings. The van der Waals surface area contributed by atoms with E-state index in [0.717, 1.165) is 21.9 Å². The van der Waals surface area contributed by atoms with E-state index in [-0.39, 0.29) is 5.78 Å². The standard InChI is InChI=1S/C20H15NO2S/c1-14(22)19-18(13-8-15-6-4-3-5-7-15)21-20(24-19)16-9-11-17(23-2)12-10-16/h3-7,9-12H,1-2H3. The van der Waals surface area contributed by atoms with Crippen LogP contribution in [0.15, 0.2) is 54.6 Å². The second-order valence-electron chi connectivity index (χ2n) is 5.10. The molecule has 3 rings (SSSR count). The SMILES string of the molecule is COc1ccc(-c2nc(C#Cc3ccccc3)c(C(C)=O)s2)cc1. The molecular formula is C20H15NO2S. The molecule has 118 valence electrons. The van der Waals surface area contributed by atoms with Gasteiger partial charge in [0.1, 0.15) is 21.3 Å². The Hall–Kier alpha value is -2.90. The number of nitrogens with zero attached hydrogens (tertiary/aromatic N) is 1. The highest BCUT2D eigenvalue weighted by molar-refractivity contribution is 7.17. The Morgan fingerprint density at radius 2 is 1.75 bits per heavy atom. The highest BCUT2D eigenvalue weighted by atomic mass is 32.1. The predicted molar refractivity (Wildman–Crippen MR) is 96.5 cm³/mol. The van der Waals surface area contributed by atoms with E-state index < -0.39 is 0 Å². The molecule has 0 unspecified atom stereocenters. The van der Waals surface area contributed by atoms with Gasteiger partial charge in [0.15, 0.2) is 5.78 Å². The summed E-state index contributed by atoms with van der Waals surface area (Å²) in [6, 6.07) is 17.3. The van der Waals surface area contributed by atoms with Crippen molar-refractivity contribution >= 4 is 17.1 Å². The van der Waals surface area contributed by atoms with Crippen LogP contribution in [-0.2, 0) is 0 Å². The molecule has 0 N–H and O–H groups in total. The third-order valence-corrected chi connectivity index (χ3v) is 4.59. The van der Waals surface area contributed by atoms with Crippen molar-refractivity contribution in [3.8, 4) is 28.2 Å². The van der Waals surface area contributed by atoms with Gasteiger partial charge in [-0.2, -0.15) is 0 Å². The summed E-state index contributed by atoms with van der Waals surface area (Å²) >= 11 is 1.37. The number of rotatable bonds is 3. The van der Waals surface area contributed by atoms with Crippen molar-refractivity contribution in [2.45, 2.75) is 6.92 Å². The van der Waals surface area contributed by atoms with Gasteiger partial charge >= 0.3 is 0 Å². The lowest BCUT2D eigenvalue weighted by atomic mass is 10.2. The van der Waals surface area contributed by atoms with Crippen LogP contribution in [0.5, 0.6) is 5.75 Å². The smallest absolute Gasteiger partial charge is 0.172 e. The molecule has 2 aromatic carbocycles. The molecule has 0 aliphatic heterocycles. The zero-order valence-electron chi connectivity index (χ0n) is 13.4. The molecule has 0 saturated heterocycles. The molecular weight excluding hydrogens is 318 g/mol. The van der Waals surface area contributed by atoms with Crippen molar-refractivity contribution in [1.29, 1.82) is 0 Å². The van der Waals surface area contributed by atoms with E-state index >= 15 is 0 Å². The molecule has 0 spiro atoms. The summed E-state index contributed by atoms with van der Waals surface area (Å²) in [5.74, 6) is 6.85. The lowest BCUT2D eigenvalue weighted by Crippen LogP contribution is -1.91. The quantitative estimate of drug-likeness (QED) is 0.526. The number of carbonyl (C=O) groups excluding carboxylic acids is 1. The number of ketones is 1. The first-order valence-electron chi connectivity index (χ1n) is 7.40. The summed E-state index contributed by atoms with van der Waals surface area (Å²) in [5.41, 5.74) is 2.37. The van der Waals surface area contributed by atoms with Crippen molar-refractivity contribution in [3.05, 3.63) is 70.7 Å². The first-order chi connectivity index (χ1) is 11.7. The van der Waals surface area contributed by atoms with Gasteiger partial charge in [-0.05, 0) is 42.3 Å². The van der Waals surface area contributed by atoms with Crippen LogP contribution < -0.4 is 4.74 Å². The van der Waals surface area contributed by atoms with E-state index in [1.165, 1.54) is 11.3 Å². The van der Waals surface area contributed by atoms with Crippen LogP contribution in [0.3, 0.4) is 0 Å². The molecule has 3 nitrogen and oxygen atoms in total. The Morgan fingerprint density at radius 3 is 2.38 bits per heavy atom. The number of carbonyl (C=O) groups is 1. The minimum absolute atomic E-state index is 0.0235. The zero-order chi connectivity index (χ0) is 16.9. The van der Waals surface area contributed by atoms with Crippen molar-refractivity contribution in [2.75, 3.05) is 7.11 Å². The molecule has 0 aliphatic rings. The van der Waals surface area contributed by atoms with Gasteiger partial charge in [-0.25, -0.2) is 4.98 Å². The van der Waals surface area contributed by atoms with Gasteiger partial charge in [-0.1, -0.05) is 24.1 Å². The number of ether oxygens (including phenoxy) is 1. The number of hydrogen-bond donors (Lipinski definition) is 0. The number of thiazole rings is 1. The van der Waals surface area contributed by atoms with Gasteiger partial charge in [0.2, 0.25) is 0 Å². The van der Waals surface area contributed by atoms with E-state index in [1.807, 2.05) is 54.6 Å². The molecule has 0 amide bonds. The van der Waals surface area contributed by atoms with Gasteiger partial charge in [-0.3, -0.25) is 4.79 Å². The number of Topliss-reactive ketones (excluding diaryl/α,β-unsaturated/α-hetero) is 1. The van der Waals surface area contributed by atoms with Crippen molar-refractivity contribution in [1.82, 2.24) is 4.98 Å². The highest BCUT2D eigenvalue weighted by Gasteiger charge is 2.14. The van der Waals surface area contributed by atoms with Crippen molar-refractivity contribution in [3.63, 3.8) is 0 Å². The van der Waals surface area contributed by atoms with E-state index in [9.17, 15) is 4.79 Å². The molecule has 0 atom stereocenters. The third kappa shape index (κ3) is 3.53. The first kappa shape index (κ1) is 16.0. The Bertz CT molecular complexity index is 916. The maximum atomic E-state index is 11.9. The van der Waals surface area contributed by atoms with Gasteiger partial charge in [0.05, 0.1) is 7.11 Å². The maximum Gasteiger partial charge on any atom is 0.172 e. The molecule has 0 bridgehead atoms. The van der Waals surface area contributed by atoms with Gasteiger partial charge in [-0.15, -0.1) is 11.3 Å². The topological polar surface area (TPSA) is 39.2 Å². The fraction of sp³-hybridized carbons (Fsp3) is 0.100. The Labute approximate surface area is 145 Å². The predicted octanol–water partition coefficient (Wildman–Crippen LogP) is 4.42. The molecule has 1 heterocycles. The van der Waals surface area contributed by atoms with Gasteiger partial charge in [0, 0.05) is 18.1 Å². The molecule has 0 radical (unpaired) electrons. The van der Waals surface area contributed by atoms with E-state index in [1.54, 1.807) is 14.0 Å². The van der Waals surface area contributed by atoms with Crippen molar-refractivity contribution < 1.29 is 9.53 Å². The minimum atomic E-state index is -0.0235. The van der Waals surface area contributed by atoms with Crippen LogP contribution in [0, 0.1) is 11.8 Å². The van der Waals surface area contributed by atoms with E-state index in [2.05, 4.69) is 16.8 Å². The summed E-state index contributed by atoms with van der Waals surface area (Å²) in [7, 11) is 1.63. The summed E-state index contributed by atoms with van der Waals surface area (Å²) in [6.07, 6.45) is 0. The van der Waals surface area contributed by atoms with Gasteiger partial charge in [0.25, 0.3) is 0 Å². The summed E-state index contributed by atoms with van der Waals surface area (Å²) in [4.78, 5) is 17.0. The largest absolute Gasteiger partial charge is 0.497 e. The lowest BCUT2D eigenvalue weighted by Gasteiger charge is -1.99. The van der Waals surface area contributed by atoms with Gasteiger partial charge < -0.3 is 4.74 Å². The molecule has 1 aromatic heterocycles. The highest BCUT2D eigenvalue weighted by Crippen LogP contribution is 2.29. The van der Waals surface area contributed by atoms with Crippen LogP contribution in [0.25, 0.3) is 10.6 Å². The fourth-order valence-electron chi connectivity index (χ4n) is 2.15. The number of aromatic nitrogens is 1. The minimum Gasteiger partial charge on any atom is -0.497 e. The summed E-state index contributed by atoms with van der Waals surface area (Å²) in [6.45, 7) is 1.54. The molecule has 4 heteroatoms. The lowest BCUT2D eigenvalue weighted by molar-refractivity contribution is 0.102. The second kappa shape index (κ2) is 7.12. The van der Waals surface area contributed by atoms with Crippen LogP contribution in [0.4, 0.5) is 0 Å². The Morgan fingerprint density at radius 1 is 1.04 bits per heavy atom. The Balaban J connectivity index is 1.99. The third-order valence-electron chi connectivity index (χ3n) is 3.38. The average molecular weight is 333 g/mol. The van der Waals surface area contributed by atoms with E-state index in [0.29, 0.717) is 10.6 Å². The zero-order valence-corrected chi connectivity index (χ0v) is 14.2. The van der Waals surface area contributed by atoms with Crippen LogP contribution in [0.1, 0.15) is 27.9 Å². The Kier molecular flexibility index (Phi) is 4.74. The number of methoxy groups -OCH3 is 1. The maximum absolute atomic E-state index is 11.9. The first-order valence-corrected chi connectivity index (χ1v) is 8.22. The summed E-state index contributed by atoms with van der Waals surface area (Å²) in [5, 5.41) is 0.778. The average Bonchev–Trinajstić information content (AvgIpc) is 3.05. The molecule has 0 aliphatic carbocycles. The summed E-state index contributed by atoms with van der Waals surface area (Å²) < 4.78 is 5.17. The fourth-order valence-corrected chi connectivity index (χ4v) is 3.07. The van der Waals surface area contributed by atoms with E-state index in [4.69, 9.17) is 4.74 Å². The molecule has 24 heavy (non-hydrogen) atoms. The van der Waals surface area contributed by atoms with Crippen LogP contribution >= 0.6 is 11.3 Å². The molecule has 0 saturated carbocycles. The van der Waals surface area contributed by atoms with Crippen molar-refractivity contribution in [2.24, 2.45) is 0 Å². The monoisotopic (exact) mass is 333 g/mol. The van der Waals surface area contributed by atoms with Crippen LogP contribution in [-0.4, -0.2) is 17.9 Å². The molecule has 0 fully saturated rings. The number of benzene rings is 2.